The molecule has 0 amide bonds. The highest BCUT2D eigenvalue weighted by atomic mass is 19.1. The van der Waals surface area contributed by atoms with Crippen LogP contribution in [0.15, 0.2) is 30.5 Å². The highest BCUT2D eigenvalue weighted by Gasteiger charge is 2.22. The van der Waals surface area contributed by atoms with Gasteiger partial charge in [0, 0.05) is 18.5 Å². The summed E-state index contributed by atoms with van der Waals surface area (Å²) in [5.41, 5.74) is -0.0124. The fraction of sp³-hybridized carbons (Fsp3) is 0.250. The Morgan fingerprint density at radius 2 is 1.95 bits per heavy atom. The number of carboxylic acid groups (broad SMARTS) is 1. The average Bonchev–Trinajstić information content (AvgIpc) is 2.48. The van der Waals surface area contributed by atoms with Crippen LogP contribution < -0.4 is 0 Å². The van der Waals surface area contributed by atoms with Gasteiger partial charge in [-0.1, -0.05) is 32.0 Å². The maximum atomic E-state index is 13.6. The van der Waals surface area contributed by atoms with E-state index in [2.05, 4.69) is 9.97 Å². The van der Waals surface area contributed by atoms with E-state index in [1.807, 2.05) is 0 Å². The second-order valence-corrected chi connectivity index (χ2v) is 5.14. The molecule has 6 heteroatoms. The number of carbonyl (C=O) groups excluding carboxylic acids is 1. The van der Waals surface area contributed by atoms with Crippen LogP contribution in [0.2, 0.25) is 0 Å². The van der Waals surface area contributed by atoms with Crippen LogP contribution in [0.3, 0.4) is 0 Å². The van der Waals surface area contributed by atoms with Crippen LogP contribution in [0.5, 0.6) is 0 Å². The van der Waals surface area contributed by atoms with Crippen molar-refractivity contribution in [2.75, 3.05) is 0 Å². The Kier molecular flexibility index (Phi) is 4.60. The number of rotatable bonds is 5. The third-order valence-electron chi connectivity index (χ3n) is 3.14. The molecule has 22 heavy (non-hydrogen) atoms. The zero-order valence-electron chi connectivity index (χ0n) is 12.2. The summed E-state index contributed by atoms with van der Waals surface area (Å²) in [7, 11) is 0. The summed E-state index contributed by atoms with van der Waals surface area (Å²) >= 11 is 0. The van der Waals surface area contributed by atoms with Crippen LogP contribution >= 0.6 is 0 Å². The predicted octanol–water partition coefficient (Wildman–Crippen LogP) is 2.74. The van der Waals surface area contributed by atoms with Crippen LogP contribution in [-0.2, 0) is 6.42 Å². The summed E-state index contributed by atoms with van der Waals surface area (Å²) in [5.74, 6) is -2.26. The van der Waals surface area contributed by atoms with E-state index in [-0.39, 0.29) is 35.2 Å². The molecule has 2 rings (SSSR count). The third-order valence-corrected chi connectivity index (χ3v) is 3.14. The minimum atomic E-state index is -1.30. The average molecular weight is 302 g/mol. The molecule has 0 unspecified atom stereocenters. The van der Waals surface area contributed by atoms with Crippen molar-refractivity contribution in [1.82, 2.24) is 9.97 Å². The molecular formula is C16H15FN2O3. The Bertz CT molecular complexity index is 729. The number of hydrogen-bond donors (Lipinski definition) is 1. The van der Waals surface area contributed by atoms with Crippen LogP contribution in [0.1, 0.15) is 46.1 Å². The molecule has 0 fully saturated rings. The number of carbonyl (C=O) groups is 2. The summed E-state index contributed by atoms with van der Waals surface area (Å²) in [6.07, 6.45) is 1.26. The zero-order valence-corrected chi connectivity index (χ0v) is 12.2. The third kappa shape index (κ3) is 3.33. The van der Waals surface area contributed by atoms with Gasteiger partial charge in [0.2, 0.25) is 0 Å². The minimum Gasteiger partial charge on any atom is -0.476 e. The van der Waals surface area contributed by atoms with Gasteiger partial charge >= 0.3 is 5.97 Å². The first-order valence-electron chi connectivity index (χ1n) is 6.77. The number of nitrogens with zero attached hydrogens (tertiary/aromatic N) is 2. The van der Waals surface area contributed by atoms with Crippen molar-refractivity contribution in [3.05, 3.63) is 58.9 Å². The predicted molar refractivity (Wildman–Crippen MR) is 77.4 cm³/mol. The maximum absolute atomic E-state index is 13.6. The molecule has 1 aromatic carbocycles. The molecule has 114 valence electrons. The molecule has 0 aliphatic carbocycles. The standard InChI is InChI=1S/C16H15FN2O3/c1-9(2)15(20)11-8-18-13(19-14(11)16(21)22)7-10-5-3-4-6-12(10)17/h3-6,8-9H,7H2,1-2H3,(H,21,22). The maximum Gasteiger partial charge on any atom is 0.355 e. The van der Waals surface area contributed by atoms with Gasteiger partial charge in [-0.05, 0) is 11.6 Å². The van der Waals surface area contributed by atoms with E-state index in [4.69, 9.17) is 0 Å². The summed E-state index contributed by atoms with van der Waals surface area (Å²) < 4.78 is 13.6. The summed E-state index contributed by atoms with van der Waals surface area (Å²) in [6.45, 7) is 3.34. The monoisotopic (exact) mass is 302 g/mol. The van der Waals surface area contributed by atoms with Crippen molar-refractivity contribution in [2.24, 2.45) is 5.92 Å². The molecule has 0 bridgehead atoms. The lowest BCUT2D eigenvalue weighted by Crippen LogP contribution is -2.17. The highest BCUT2D eigenvalue weighted by molar-refractivity contribution is 6.05. The number of halogens is 1. The molecule has 5 nitrogen and oxygen atoms in total. The molecule has 1 heterocycles. The van der Waals surface area contributed by atoms with Gasteiger partial charge in [0.25, 0.3) is 0 Å². The quantitative estimate of drug-likeness (QED) is 0.859. The van der Waals surface area contributed by atoms with E-state index < -0.39 is 11.8 Å². The first-order valence-corrected chi connectivity index (χ1v) is 6.77. The number of benzene rings is 1. The molecule has 0 saturated heterocycles. The molecule has 1 aromatic heterocycles. The van der Waals surface area contributed by atoms with Gasteiger partial charge in [0.05, 0.1) is 5.56 Å². The number of aromatic carboxylic acids is 1. The number of ketones is 1. The van der Waals surface area contributed by atoms with Crippen molar-refractivity contribution in [1.29, 1.82) is 0 Å². The lowest BCUT2D eigenvalue weighted by molar-refractivity contribution is 0.0683. The molecule has 0 spiro atoms. The second-order valence-electron chi connectivity index (χ2n) is 5.14. The fourth-order valence-electron chi connectivity index (χ4n) is 1.97. The number of carboxylic acids is 1. The highest BCUT2D eigenvalue weighted by Crippen LogP contribution is 2.15. The number of Topliss-reactive ketones (excluding diaryl/α,β-unsaturated/α-hetero) is 1. The fourth-order valence-corrected chi connectivity index (χ4v) is 1.97. The molecule has 2 aromatic rings. The normalized spacial score (nSPS) is 10.7. The smallest absolute Gasteiger partial charge is 0.355 e. The van der Waals surface area contributed by atoms with Crippen molar-refractivity contribution in [3.63, 3.8) is 0 Å². The molecular weight excluding hydrogens is 287 g/mol. The lowest BCUT2D eigenvalue weighted by Gasteiger charge is -2.09. The van der Waals surface area contributed by atoms with E-state index in [9.17, 15) is 19.1 Å². The van der Waals surface area contributed by atoms with Gasteiger partial charge in [0.1, 0.15) is 11.6 Å². The van der Waals surface area contributed by atoms with E-state index in [0.717, 1.165) is 0 Å². The van der Waals surface area contributed by atoms with Crippen LogP contribution in [0.4, 0.5) is 4.39 Å². The topological polar surface area (TPSA) is 80.2 Å². The first kappa shape index (κ1) is 15.8. The van der Waals surface area contributed by atoms with Crippen molar-refractivity contribution < 1.29 is 19.1 Å². The summed E-state index contributed by atoms with van der Waals surface area (Å²) in [6, 6.07) is 6.12. The van der Waals surface area contributed by atoms with Gasteiger partial charge in [-0.3, -0.25) is 4.79 Å². The molecule has 1 N–H and O–H groups in total. The minimum absolute atomic E-state index is 0.0280. The van der Waals surface area contributed by atoms with E-state index >= 15 is 0 Å². The van der Waals surface area contributed by atoms with Crippen molar-refractivity contribution in [2.45, 2.75) is 20.3 Å². The van der Waals surface area contributed by atoms with E-state index in [1.165, 1.54) is 12.3 Å². The van der Waals surface area contributed by atoms with Crippen LogP contribution in [0, 0.1) is 11.7 Å². The number of aromatic nitrogens is 2. The molecule has 0 aliphatic heterocycles. The van der Waals surface area contributed by atoms with Gasteiger partial charge in [0.15, 0.2) is 11.5 Å². The Balaban J connectivity index is 2.40. The van der Waals surface area contributed by atoms with E-state index in [0.29, 0.717) is 5.56 Å². The molecule has 0 aliphatic rings. The van der Waals surface area contributed by atoms with Crippen molar-refractivity contribution in [3.8, 4) is 0 Å². The first-order chi connectivity index (χ1) is 10.4. The summed E-state index contributed by atoms with van der Waals surface area (Å²) in [4.78, 5) is 31.2. The van der Waals surface area contributed by atoms with Crippen molar-refractivity contribution >= 4 is 11.8 Å². The molecule has 0 saturated carbocycles. The van der Waals surface area contributed by atoms with Gasteiger partial charge in [-0.25, -0.2) is 19.2 Å². The van der Waals surface area contributed by atoms with E-state index in [1.54, 1.807) is 32.0 Å². The van der Waals surface area contributed by atoms with Gasteiger partial charge in [-0.2, -0.15) is 0 Å². The van der Waals surface area contributed by atoms with Crippen LogP contribution in [-0.4, -0.2) is 26.8 Å². The SMILES string of the molecule is CC(C)C(=O)c1cnc(Cc2ccccc2F)nc1C(=O)O. The van der Waals surface area contributed by atoms with Gasteiger partial charge < -0.3 is 5.11 Å². The second kappa shape index (κ2) is 6.43. The number of hydrogen-bond acceptors (Lipinski definition) is 4. The van der Waals surface area contributed by atoms with Gasteiger partial charge in [-0.15, -0.1) is 0 Å². The Morgan fingerprint density at radius 3 is 2.55 bits per heavy atom. The zero-order chi connectivity index (χ0) is 16.3. The largest absolute Gasteiger partial charge is 0.476 e. The lowest BCUT2D eigenvalue weighted by atomic mass is 10.0. The summed E-state index contributed by atoms with van der Waals surface area (Å²) in [5, 5.41) is 9.22. The Hall–Kier alpha value is -2.63. The molecule has 0 radical (unpaired) electrons. The van der Waals surface area contributed by atoms with Crippen LogP contribution in [0.25, 0.3) is 0 Å². The molecule has 0 atom stereocenters. The Labute approximate surface area is 126 Å². The Morgan fingerprint density at radius 1 is 1.27 bits per heavy atom.